The van der Waals surface area contributed by atoms with E-state index in [-0.39, 0.29) is 18.3 Å². The summed E-state index contributed by atoms with van der Waals surface area (Å²) < 4.78 is 36.3. The van der Waals surface area contributed by atoms with Gasteiger partial charge in [0.15, 0.2) is 11.5 Å². The van der Waals surface area contributed by atoms with Crippen molar-refractivity contribution >= 4 is 17.8 Å². The van der Waals surface area contributed by atoms with Crippen LogP contribution in [0.4, 0.5) is 0 Å². The summed E-state index contributed by atoms with van der Waals surface area (Å²) in [4.78, 5) is 47.0. The molecular formula is C53H53N3O9. The number of benzene rings is 4. The number of carbonyl (C=O) groups is 3. The summed E-state index contributed by atoms with van der Waals surface area (Å²) in [5, 5.41) is 0. The Balaban J connectivity index is 1.01. The van der Waals surface area contributed by atoms with E-state index in [9.17, 15) is 14.4 Å². The number of carbonyl (C=O) groups excluding carboxylic acids is 3. The highest BCUT2D eigenvalue weighted by Crippen LogP contribution is 2.34. The molecule has 0 aliphatic carbocycles. The van der Waals surface area contributed by atoms with Crippen molar-refractivity contribution in [3.63, 3.8) is 0 Å². The highest BCUT2D eigenvalue weighted by molar-refractivity contribution is 6.14. The SMILES string of the molecule is CCCCCc1ccc(-c2ccc(OCC(COCc3ccc(COc4ccccn4)cc3)COCc3ccc(COc4ccccn4)cc3)c(OC(=O)CN3C(=O)C=CC3=O)c2)cc1. The molecule has 12 heteroatoms. The fraction of sp³-hybridized carbons (Fsp3) is 0.264. The van der Waals surface area contributed by atoms with Crippen molar-refractivity contribution in [3.05, 3.63) is 180 Å². The lowest BCUT2D eigenvalue weighted by Gasteiger charge is -2.20. The first kappa shape index (κ1) is 45.9. The Bertz CT molecular complexity index is 2350. The Labute approximate surface area is 379 Å². The normalized spacial score (nSPS) is 12.2. The molecule has 1 aliphatic heterocycles. The number of aryl methyl sites for hydroxylation is 1. The second-order valence-corrected chi connectivity index (χ2v) is 15.6. The quantitative estimate of drug-likeness (QED) is 0.0236. The average Bonchev–Trinajstić information content (AvgIpc) is 3.65. The Morgan fingerprint density at radius 3 is 1.60 bits per heavy atom. The first-order valence-corrected chi connectivity index (χ1v) is 21.9. The number of nitrogens with zero attached hydrogens (tertiary/aromatic N) is 3. The average molecular weight is 876 g/mol. The topological polar surface area (TPSA) is 136 Å². The molecule has 12 nitrogen and oxygen atoms in total. The molecule has 0 bridgehead atoms. The highest BCUT2D eigenvalue weighted by atomic mass is 16.6. The van der Waals surface area contributed by atoms with Crippen molar-refractivity contribution in [1.29, 1.82) is 0 Å². The molecule has 0 saturated heterocycles. The van der Waals surface area contributed by atoms with E-state index in [1.54, 1.807) is 24.5 Å². The van der Waals surface area contributed by atoms with Gasteiger partial charge in [0.05, 0.1) is 33.0 Å². The molecule has 2 aromatic heterocycles. The van der Waals surface area contributed by atoms with Crippen LogP contribution in [-0.4, -0.2) is 59.0 Å². The highest BCUT2D eigenvalue weighted by Gasteiger charge is 2.27. The number of hydrogen-bond acceptors (Lipinski definition) is 11. The number of unbranched alkanes of at least 4 members (excludes halogenated alkanes) is 2. The van der Waals surface area contributed by atoms with Gasteiger partial charge in [-0.25, -0.2) is 14.8 Å². The van der Waals surface area contributed by atoms with E-state index in [0.717, 1.165) is 69.7 Å². The fourth-order valence-electron chi connectivity index (χ4n) is 6.88. The molecule has 0 atom stereocenters. The van der Waals surface area contributed by atoms with Crippen molar-refractivity contribution < 1.29 is 42.8 Å². The van der Waals surface area contributed by atoms with Crippen LogP contribution in [0.5, 0.6) is 23.3 Å². The summed E-state index contributed by atoms with van der Waals surface area (Å²) in [6.07, 6.45) is 10.1. The number of pyridine rings is 2. The molecule has 0 radical (unpaired) electrons. The summed E-state index contributed by atoms with van der Waals surface area (Å²) in [5.74, 6) is -0.563. The van der Waals surface area contributed by atoms with Gasteiger partial charge in [-0.3, -0.25) is 14.5 Å². The van der Waals surface area contributed by atoms with Gasteiger partial charge in [-0.2, -0.15) is 0 Å². The fourth-order valence-corrected chi connectivity index (χ4v) is 6.88. The largest absolute Gasteiger partial charge is 0.489 e. The molecule has 0 unspecified atom stereocenters. The third-order valence-corrected chi connectivity index (χ3v) is 10.5. The number of amides is 2. The first-order valence-electron chi connectivity index (χ1n) is 21.9. The number of esters is 1. The Morgan fingerprint density at radius 1 is 0.554 bits per heavy atom. The van der Waals surface area contributed by atoms with E-state index < -0.39 is 24.3 Å². The Kier molecular flexibility index (Phi) is 17.0. The van der Waals surface area contributed by atoms with Gasteiger partial charge < -0.3 is 28.4 Å². The van der Waals surface area contributed by atoms with Crippen molar-refractivity contribution in [1.82, 2.24) is 14.9 Å². The standard InChI is InChI=1S/C53H53N3O9/c1-2-3-4-9-39-20-22-45(23-21-39)46-24-25-47(48(30-46)65-53(59)31-56-51(57)26-27-52(56)58)62-38-44(34-60-32-40-12-16-42(17-13-40)36-63-49-10-5-7-28-54-49)35-61-33-41-14-18-43(19-15-41)37-64-50-11-6-8-29-55-50/h5-8,10-30,44H,2-4,9,31-38H2,1H3. The first-order chi connectivity index (χ1) is 31.9. The van der Waals surface area contributed by atoms with E-state index in [1.807, 2.05) is 103 Å². The lowest BCUT2D eigenvalue weighted by molar-refractivity contribution is -0.146. The van der Waals surface area contributed by atoms with E-state index in [1.165, 1.54) is 12.0 Å². The Morgan fingerprint density at radius 2 is 1.08 bits per heavy atom. The van der Waals surface area contributed by atoms with Crippen LogP contribution >= 0.6 is 0 Å². The van der Waals surface area contributed by atoms with E-state index in [0.29, 0.717) is 57.2 Å². The predicted molar refractivity (Wildman–Crippen MR) is 245 cm³/mol. The zero-order valence-corrected chi connectivity index (χ0v) is 36.5. The minimum Gasteiger partial charge on any atom is -0.489 e. The van der Waals surface area contributed by atoms with Crippen molar-refractivity contribution in [3.8, 4) is 34.4 Å². The maximum atomic E-state index is 13.3. The number of ether oxygens (including phenoxy) is 6. The molecule has 2 amide bonds. The summed E-state index contributed by atoms with van der Waals surface area (Å²) in [6.45, 7) is 3.93. The van der Waals surface area contributed by atoms with Gasteiger partial charge in [0.2, 0.25) is 11.8 Å². The minimum atomic E-state index is -0.782. The lowest BCUT2D eigenvalue weighted by atomic mass is 10.0. The molecule has 65 heavy (non-hydrogen) atoms. The third-order valence-electron chi connectivity index (χ3n) is 10.5. The molecule has 4 aromatic carbocycles. The van der Waals surface area contributed by atoms with Crippen LogP contribution in [0.3, 0.4) is 0 Å². The summed E-state index contributed by atoms with van der Waals surface area (Å²) in [5.41, 5.74) is 6.98. The van der Waals surface area contributed by atoms with Gasteiger partial charge in [0.25, 0.3) is 11.8 Å². The number of imide groups is 1. The molecule has 0 N–H and O–H groups in total. The van der Waals surface area contributed by atoms with E-state index in [2.05, 4.69) is 29.0 Å². The molecule has 0 saturated carbocycles. The minimum absolute atomic E-state index is 0.159. The third kappa shape index (κ3) is 14.4. The van der Waals surface area contributed by atoms with Gasteiger partial charge in [-0.1, -0.05) is 111 Å². The monoisotopic (exact) mass is 875 g/mol. The van der Waals surface area contributed by atoms with Gasteiger partial charge in [0, 0.05) is 42.6 Å². The second-order valence-electron chi connectivity index (χ2n) is 15.6. The van der Waals surface area contributed by atoms with Crippen LogP contribution in [0.25, 0.3) is 11.1 Å². The molecule has 3 heterocycles. The zero-order valence-electron chi connectivity index (χ0n) is 36.5. The Hall–Kier alpha value is -7.15. The molecule has 0 fully saturated rings. The molecule has 0 spiro atoms. The van der Waals surface area contributed by atoms with E-state index >= 15 is 0 Å². The van der Waals surface area contributed by atoms with Gasteiger partial charge in [-0.05, 0) is 76.1 Å². The second kappa shape index (κ2) is 24.1. The van der Waals surface area contributed by atoms with Crippen LogP contribution in [0.2, 0.25) is 0 Å². The van der Waals surface area contributed by atoms with Gasteiger partial charge >= 0.3 is 5.97 Å². The number of rotatable bonds is 25. The molecule has 334 valence electrons. The molecule has 1 aliphatic rings. The lowest BCUT2D eigenvalue weighted by Crippen LogP contribution is -2.36. The maximum absolute atomic E-state index is 13.3. The number of aromatic nitrogens is 2. The van der Waals surface area contributed by atoms with Crippen molar-refractivity contribution in [2.45, 2.75) is 59.0 Å². The molecule has 7 rings (SSSR count). The predicted octanol–water partition coefficient (Wildman–Crippen LogP) is 9.29. The summed E-state index contributed by atoms with van der Waals surface area (Å²) >= 11 is 0. The van der Waals surface area contributed by atoms with Crippen LogP contribution in [0.1, 0.15) is 54.0 Å². The summed E-state index contributed by atoms with van der Waals surface area (Å²) in [7, 11) is 0. The van der Waals surface area contributed by atoms with Crippen LogP contribution in [0, 0.1) is 5.92 Å². The van der Waals surface area contributed by atoms with Crippen LogP contribution in [0.15, 0.2) is 152 Å². The molecule has 6 aromatic rings. The molecular weight excluding hydrogens is 823 g/mol. The van der Waals surface area contributed by atoms with Gasteiger partial charge in [0.1, 0.15) is 19.8 Å². The number of hydrogen-bond donors (Lipinski definition) is 0. The van der Waals surface area contributed by atoms with Crippen molar-refractivity contribution in [2.24, 2.45) is 5.92 Å². The maximum Gasteiger partial charge on any atom is 0.331 e. The van der Waals surface area contributed by atoms with E-state index in [4.69, 9.17) is 28.4 Å². The van der Waals surface area contributed by atoms with Crippen LogP contribution in [-0.2, 0) is 56.7 Å². The summed E-state index contributed by atoms with van der Waals surface area (Å²) in [6, 6.07) is 40.9. The van der Waals surface area contributed by atoms with Gasteiger partial charge in [-0.15, -0.1) is 0 Å². The van der Waals surface area contributed by atoms with Crippen molar-refractivity contribution in [2.75, 3.05) is 26.4 Å². The van der Waals surface area contributed by atoms with Crippen LogP contribution < -0.4 is 18.9 Å². The smallest absolute Gasteiger partial charge is 0.331 e. The zero-order chi connectivity index (χ0) is 45.1.